The van der Waals surface area contributed by atoms with E-state index in [1.165, 1.54) is 0 Å². The Morgan fingerprint density at radius 1 is 1.22 bits per heavy atom. The van der Waals surface area contributed by atoms with E-state index in [0.717, 1.165) is 17.7 Å². The summed E-state index contributed by atoms with van der Waals surface area (Å²) < 4.78 is 5.35. The number of hydrogen-bond acceptors (Lipinski definition) is 6. The Labute approximate surface area is 158 Å². The molecule has 3 rings (SSSR count). The number of nitrogens with zero attached hydrogens (tertiary/aromatic N) is 4. The molecule has 1 aromatic heterocycles. The Morgan fingerprint density at radius 3 is 2.67 bits per heavy atom. The van der Waals surface area contributed by atoms with Crippen molar-refractivity contribution in [3.63, 3.8) is 0 Å². The number of hydrogen-bond donors (Lipinski definition) is 1. The summed E-state index contributed by atoms with van der Waals surface area (Å²) in [5, 5.41) is 3.23. The number of piperazine rings is 1. The molecule has 1 aliphatic heterocycles. The Balaban J connectivity index is 1.70. The van der Waals surface area contributed by atoms with Crippen molar-refractivity contribution in [1.29, 1.82) is 0 Å². The van der Waals surface area contributed by atoms with Crippen LogP contribution in [0.2, 0.25) is 0 Å². The van der Waals surface area contributed by atoms with Gasteiger partial charge in [0.15, 0.2) is 0 Å². The summed E-state index contributed by atoms with van der Waals surface area (Å²) in [6.45, 7) is 4.37. The van der Waals surface area contributed by atoms with Crippen molar-refractivity contribution in [3.05, 3.63) is 47.4 Å². The predicted molar refractivity (Wildman–Crippen MR) is 101 cm³/mol. The lowest BCUT2D eigenvalue weighted by Gasteiger charge is -2.32. The summed E-state index contributed by atoms with van der Waals surface area (Å²) in [5.74, 6) is 1.75. The fraction of sp³-hybridized carbons (Fsp3) is 0.368. The van der Waals surface area contributed by atoms with Crippen molar-refractivity contribution in [2.24, 2.45) is 0 Å². The van der Waals surface area contributed by atoms with Crippen LogP contribution >= 0.6 is 0 Å². The number of amides is 2. The number of rotatable bonds is 6. The number of benzene rings is 1. The molecule has 8 nitrogen and oxygen atoms in total. The smallest absolute Gasteiger partial charge is 0.272 e. The van der Waals surface area contributed by atoms with Gasteiger partial charge >= 0.3 is 0 Å². The van der Waals surface area contributed by atoms with Gasteiger partial charge < -0.3 is 19.9 Å². The minimum atomic E-state index is -0.147. The number of para-hydroxylation sites is 1. The highest BCUT2D eigenvalue weighted by atomic mass is 16.5. The molecule has 142 valence electrons. The fourth-order valence-corrected chi connectivity index (χ4v) is 3.00. The summed E-state index contributed by atoms with van der Waals surface area (Å²) in [4.78, 5) is 35.6. The molecular formula is C19H23N5O3. The van der Waals surface area contributed by atoms with Gasteiger partial charge in [-0.2, -0.15) is 0 Å². The zero-order chi connectivity index (χ0) is 19.2. The molecule has 2 heterocycles. The number of aromatic nitrogens is 2. The highest BCUT2D eigenvalue weighted by Gasteiger charge is 2.23. The van der Waals surface area contributed by atoms with E-state index in [4.69, 9.17) is 4.74 Å². The number of carbonyl (C=O) groups excluding carboxylic acids is 2. The second kappa shape index (κ2) is 8.48. The van der Waals surface area contributed by atoms with Crippen LogP contribution in [-0.4, -0.2) is 65.4 Å². The molecule has 0 bridgehead atoms. The first-order chi connectivity index (χ1) is 13.1. The highest BCUT2D eigenvalue weighted by Crippen LogP contribution is 2.19. The topological polar surface area (TPSA) is 87.7 Å². The van der Waals surface area contributed by atoms with Gasteiger partial charge in [0, 0.05) is 44.4 Å². The lowest BCUT2D eigenvalue weighted by atomic mass is 10.2. The molecule has 8 heteroatoms. The van der Waals surface area contributed by atoms with Gasteiger partial charge in [-0.15, -0.1) is 0 Å². The highest BCUT2D eigenvalue weighted by molar-refractivity contribution is 5.93. The average Bonchev–Trinajstić information content (AvgIpc) is 2.71. The molecule has 1 aromatic carbocycles. The lowest BCUT2D eigenvalue weighted by molar-refractivity contribution is -0.119. The molecule has 27 heavy (non-hydrogen) atoms. The van der Waals surface area contributed by atoms with Crippen LogP contribution in [0.3, 0.4) is 0 Å². The van der Waals surface area contributed by atoms with Crippen LogP contribution in [-0.2, 0) is 11.3 Å². The van der Waals surface area contributed by atoms with E-state index in [2.05, 4.69) is 15.3 Å². The zero-order valence-corrected chi connectivity index (χ0v) is 15.5. The number of ether oxygens (including phenoxy) is 1. The maximum Gasteiger partial charge on any atom is 0.272 e. The van der Waals surface area contributed by atoms with Crippen LogP contribution in [0.5, 0.6) is 5.75 Å². The van der Waals surface area contributed by atoms with Gasteiger partial charge in [-0.3, -0.25) is 9.59 Å². The third kappa shape index (κ3) is 4.52. The van der Waals surface area contributed by atoms with Gasteiger partial charge in [-0.05, 0) is 13.0 Å². The van der Waals surface area contributed by atoms with Crippen LogP contribution < -0.4 is 10.1 Å². The normalized spacial score (nSPS) is 14.0. The first-order valence-corrected chi connectivity index (χ1v) is 8.81. The molecule has 2 amide bonds. The monoisotopic (exact) mass is 369 g/mol. The van der Waals surface area contributed by atoms with Crippen LogP contribution in [0.4, 0.5) is 5.82 Å². The second-order valence-electron chi connectivity index (χ2n) is 6.28. The predicted octanol–water partition coefficient (Wildman–Crippen LogP) is 1.32. The molecule has 0 spiro atoms. The summed E-state index contributed by atoms with van der Waals surface area (Å²) >= 11 is 0. The van der Waals surface area contributed by atoms with E-state index in [0.29, 0.717) is 50.1 Å². The number of methoxy groups -OCH3 is 1. The van der Waals surface area contributed by atoms with Crippen LogP contribution in [0, 0.1) is 6.92 Å². The molecule has 0 aliphatic carbocycles. The van der Waals surface area contributed by atoms with Crippen molar-refractivity contribution in [1.82, 2.24) is 19.8 Å². The SMILES string of the molecule is COc1ccccc1CNc1cc(C(=O)N2CCN(C=O)CC2)nc(C)n1. The van der Waals surface area contributed by atoms with E-state index in [-0.39, 0.29) is 5.91 Å². The summed E-state index contributed by atoms with van der Waals surface area (Å²) in [7, 11) is 1.63. The maximum absolute atomic E-state index is 12.8. The van der Waals surface area contributed by atoms with Gasteiger partial charge in [-0.1, -0.05) is 18.2 Å². The molecule has 0 saturated carbocycles. The molecule has 1 N–H and O–H groups in total. The average molecular weight is 369 g/mol. The van der Waals surface area contributed by atoms with Gasteiger partial charge in [0.2, 0.25) is 6.41 Å². The minimum Gasteiger partial charge on any atom is -0.496 e. The summed E-state index contributed by atoms with van der Waals surface area (Å²) in [6, 6.07) is 9.39. The maximum atomic E-state index is 12.8. The number of nitrogens with one attached hydrogen (secondary N) is 1. The molecule has 1 saturated heterocycles. The fourth-order valence-electron chi connectivity index (χ4n) is 3.00. The minimum absolute atomic E-state index is 0.147. The third-order valence-corrected chi connectivity index (χ3v) is 4.46. The van der Waals surface area contributed by atoms with Crippen LogP contribution in [0.1, 0.15) is 21.9 Å². The Morgan fingerprint density at radius 2 is 1.96 bits per heavy atom. The van der Waals surface area contributed by atoms with Gasteiger partial charge in [0.25, 0.3) is 5.91 Å². The van der Waals surface area contributed by atoms with E-state index in [1.54, 1.807) is 29.9 Å². The Hall–Kier alpha value is -3.16. The van der Waals surface area contributed by atoms with Crippen molar-refractivity contribution < 1.29 is 14.3 Å². The van der Waals surface area contributed by atoms with E-state index >= 15 is 0 Å². The summed E-state index contributed by atoms with van der Waals surface area (Å²) in [5.41, 5.74) is 1.35. The Kier molecular flexibility index (Phi) is 5.85. The van der Waals surface area contributed by atoms with E-state index < -0.39 is 0 Å². The molecule has 0 radical (unpaired) electrons. The van der Waals surface area contributed by atoms with E-state index in [1.807, 2.05) is 24.3 Å². The number of carbonyl (C=O) groups is 2. The van der Waals surface area contributed by atoms with Gasteiger partial charge in [-0.25, -0.2) is 9.97 Å². The third-order valence-electron chi connectivity index (χ3n) is 4.46. The van der Waals surface area contributed by atoms with Crippen LogP contribution in [0.25, 0.3) is 0 Å². The first-order valence-electron chi connectivity index (χ1n) is 8.81. The summed E-state index contributed by atoms with van der Waals surface area (Å²) in [6.07, 6.45) is 0.816. The van der Waals surface area contributed by atoms with Crippen molar-refractivity contribution in [2.45, 2.75) is 13.5 Å². The molecule has 2 aromatic rings. The molecular weight excluding hydrogens is 346 g/mol. The van der Waals surface area contributed by atoms with Crippen LogP contribution in [0.15, 0.2) is 30.3 Å². The number of anilines is 1. The van der Waals surface area contributed by atoms with Gasteiger partial charge in [0.05, 0.1) is 7.11 Å². The van der Waals surface area contributed by atoms with Gasteiger partial charge in [0.1, 0.15) is 23.1 Å². The lowest BCUT2D eigenvalue weighted by Crippen LogP contribution is -2.48. The van der Waals surface area contributed by atoms with Crippen molar-refractivity contribution >= 4 is 18.1 Å². The standard InChI is InChI=1S/C19H23N5O3/c1-14-21-16(19(26)24-9-7-23(13-25)8-10-24)11-18(22-14)20-12-15-5-3-4-6-17(15)27-2/h3-6,11,13H,7-10,12H2,1-2H3,(H,20,21,22). The Bertz CT molecular complexity index is 819. The quantitative estimate of drug-likeness (QED) is 0.773. The first kappa shape index (κ1) is 18.6. The molecule has 1 aliphatic rings. The molecule has 0 unspecified atom stereocenters. The van der Waals surface area contributed by atoms with Crippen molar-refractivity contribution in [2.75, 3.05) is 38.6 Å². The molecule has 0 atom stereocenters. The largest absolute Gasteiger partial charge is 0.496 e. The number of aryl methyl sites for hydroxylation is 1. The van der Waals surface area contributed by atoms with Crippen molar-refractivity contribution in [3.8, 4) is 5.75 Å². The van der Waals surface area contributed by atoms with E-state index in [9.17, 15) is 9.59 Å². The second-order valence-corrected chi connectivity index (χ2v) is 6.28. The molecule has 1 fully saturated rings. The zero-order valence-electron chi connectivity index (χ0n) is 15.5.